The summed E-state index contributed by atoms with van der Waals surface area (Å²) >= 11 is 0. The Morgan fingerprint density at radius 1 is 1.43 bits per heavy atom. The average Bonchev–Trinajstić information content (AvgIpc) is 2.94. The van der Waals surface area contributed by atoms with E-state index in [1.807, 2.05) is 20.9 Å². The molecule has 0 unspecified atom stereocenters. The van der Waals surface area contributed by atoms with E-state index < -0.39 is 17.7 Å². The third kappa shape index (κ3) is 4.41. The lowest BCUT2D eigenvalue weighted by Crippen LogP contribution is -2.44. The number of amides is 1. The lowest BCUT2D eigenvalue weighted by atomic mass is 10.1. The molecule has 2 rings (SSSR count). The predicted octanol–water partition coefficient (Wildman–Crippen LogP) is 2.44. The summed E-state index contributed by atoms with van der Waals surface area (Å²) in [4.78, 5) is 14.5. The molecule has 0 aromatic heterocycles. The van der Waals surface area contributed by atoms with Gasteiger partial charge in [-0.2, -0.15) is 0 Å². The van der Waals surface area contributed by atoms with E-state index in [2.05, 4.69) is 5.32 Å². The molecule has 6 heteroatoms. The second-order valence-electron chi connectivity index (χ2n) is 6.35. The molecular formula is C17H24F2N2O2. The van der Waals surface area contributed by atoms with Crippen LogP contribution >= 0.6 is 0 Å². The third-order valence-corrected chi connectivity index (χ3v) is 4.09. The first-order valence-electron chi connectivity index (χ1n) is 7.97. The van der Waals surface area contributed by atoms with Gasteiger partial charge in [-0.1, -0.05) is 13.8 Å². The third-order valence-electron chi connectivity index (χ3n) is 4.09. The van der Waals surface area contributed by atoms with E-state index in [4.69, 9.17) is 4.74 Å². The van der Waals surface area contributed by atoms with Crippen LogP contribution in [-0.2, 0) is 4.79 Å². The zero-order valence-electron chi connectivity index (χ0n) is 13.8. The standard InChI is InChI=1S/C17H24F2N2O2/c1-11(2)16(23-15-5-4-13(18)8-14(15)19)17(22)21-7-6-12(10-21)9-20-3/h4-5,8,11-12,16,20H,6-7,9-10H2,1-3H3/t12-,16-/m1/s1. The Labute approximate surface area is 135 Å². The molecule has 0 bridgehead atoms. The molecule has 1 aromatic carbocycles. The van der Waals surface area contributed by atoms with Crippen molar-refractivity contribution in [2.45, 2.75) is 26.4 Å². The van der Waals surface area contributed by atoms with Crippen LogP contribution in [-0.4, -0.2) is 43.6 Å². The second-order valence-corrected chi connectivity index (χ2v) is 6.35. The molecule has 128 valence electrons. The fraction of sp³-hybridized carbons (Fsp3) is 0.588. The molecule has 1 N–H and O–H groups in total. The van der Waals surface area contributed by atoms with Gasteiger partial charge in [0.1, 0.15) is 5.82 Å². The van der Waals surface area contributed by atoms with Crippen LogP contribution < -0.4 is 10.1 Å². The summed E-state index contributed by atoms with van der Waals surface area (Å²) in [7, 11) is 1.89. The Kier molecular flexibility index (Phi) is 5.93. The molecule has 23 heavy (non-hydrogen) atoms. The van der Waals surface area contributed by atoms with Crippen molar-refractivity contribution in [3.63, 3.8) is 0 Å². The number of nitrogens with zero attached hydrogens (tertiary/aromatic N) is 1. The number of benzene rings is 1. The summed E-state index contributed by atoms with van der Waals surface area (Å²) < 4.78 is 32.3. The first kappa shape index (κ1) is 17.7. The van der Waals surface area contributed by atoms with Crippen LogP contribution in [0.1, 0.15) is 20.3 Å². The Hall–Kier alpha value is -1.69. The van der Waals surface area contributed by atoms with Crippen LogP contribution in [0.3, 0.4) is 0 Å². The zero-order chi connectivity index (χ0) is 17.0. The number of likely N-dealkylation sites (tertiary alicyclic amines) is 1. The molecule has 1 amide bonds. The Bertz CT molecular complexity index is 551. The lowest BCUT2D eigenvalue weighted by Gasteiger charge is -2.27. The van der Waals surface area contributed by atoms with Crippen molar-refractivity contribution in [3.8, 4) is 5.75 Å². The SMILES string of the molecule is CNC[C@H]1CCN(C(=O)[C@H](Oc2ccc(F)cc2F)C(C)C)C1. The Balaban J connectivity index is 2.07. The molecule has 1 fully saturated rings. The van der Waals surface area contributed by atoms with E-state index in [1.54, 1.807) is 4.90 Å². The maximum Gasteiger partial charge on any atom is 0.263 e. The van der Waals surface area contributed by atoms with Crippen molar-refractivity contribution in [1.82, 2.24) is 10.2 Å². The minimum atomic E-state index is -0.794. The minimum Gasteiger partial charge on any atom is -0.477 e. The number of halogens is 2. The van der Waals surface area contributed by atoms with E-state index in [-0.39, 0.29) is 17.6 Å². The number of ether oxygens (including phenoxy) is 1. The highest BCUT2D eigenvalue weighted by molar-refractivity contribution is 5.81. The van der Waals surface area contributed by atoms with E-state index in [0.29, 0.717) is 19.0 Å². The topological polar surface area (TPSA) is 41.6 Å². The quantitative estimate of drug-likeness (QED) is 0.873. The van der Waals surface area contributed by atoms with Crippen LogP contribution in [0.5, 0.6) is 5.75 Å². The summed E-state index contributed by atoms with van der Waals surface area (Å²) in [6, 6.07) is 3.11. The predicted molar refractivity (Wildman–Crippen MR) is 84.2 cm³/mol. The van der Waals surface area contributed by atoms with E-state index in [9.17, 15) is 13.6 Å². The lowest BCUT2D eigenvalue weighted by molar-refractivity contribution is -0.139. The number of nitrogens with one attached hydrogen (secondary N) is 1. The summed E-state index contributed by atoms with van der Waals surface area (Å²) in [5, 5.41) is 3.12. The number of carbonyl (C=O) groups excluding carboxylic acids is 1. The van der Waals surface area contributed by atoms with Crippen molar-refractivity contribution in [3.05, 3.63) is 29.8 Å². The maximum absolute atomic E-state index is 13.8. The summed E-state index contributed by atoms with van der Waals surface area (Å²) in [5.74, 6) is -1.38. The molecule has 0 saturated carbocycles. The first-order valence-corrected chi connectivity index (χ1v) is 7.97. The van der Waals surface area contributed by atoms with Gasteiger partial charge in [0.25, 0.3) is 5.91 Å². The van der Waals surface area contributed by atoms with Gasteiger partial charge in [-0.05, 0) is 44.0 Å². The molecule has 1 saturated heterocycles. The van der Waals surface area contributed by atoms with Crippen molar-refractivity contribution < 1.29 is 18.3 Å². The molecule has 2 atom stereocenters. The monoisotopic (exact) mass is 326 g/mol. The average molecular weight is 326 g/mol. The summed E-state index contributed by atoms with van der Waals surface area (Å²) in [6.07, 6.45) is 0.172. The Morgan fingerprint density at radius 3 is 2.78 bits per heavy atom. The van der Waals surface area contributed by atoms with Crippen LogP contribution in [0.4, 0.5) is 8.78 Å². The van der Waals surface area contributed by atoms with Gasteiger partial charge in [-0.25, -0.2) is 8.78 Å². The highest BCUT2D eigenvalue weighted by atomic mass is 19.1. The molecule has 1 aromatic rings. The fourth-order valence-electron chi connectivity index (χ4n) is 2.85. The maximum atomic E-state index is 13.8. The van der Waals surface area contributed by atoms with Gasteiger partial charge in [0.05, 0.1) is 0 Å². The van der Waals surface area contributed by atoms with Gasteiger partial charge in [-0.3, -0.25) is 4.79 Å². The molecule has 0 aliphatic carbocycles. The van der Waals surface area contributed by atoms with Crippen molar-refractivity contribution >= 4 is 5.91 Å². The van der Waals surface area contributed by atoms with Gasteiger partial charge < -0.3 is 15.0 Å². The largest absolute Gasteiger partial charge is 0.477 e. The molecular weight excluding hydrogens is 302 g/mol. The summed E-state index contributed by atoms with van der Waals surface area (Å²) in [5.41, 5.74) is 0. The summed E-state index contributed by atoms with van der Waals surface area (Å²) in [6.45, 7) is 5.93. The second kappa shape index (κ2) is 7.73. The van der Waals surface area contributed by atoms with Gasteiger partial charge in [0, 0.05) is 19.2 Å². The van der Waals surface area contributed by atoms with Gasteiger partial charge >= 0.3 is 0 Å². The van der Waals surface area contributed by atoms with Gasteiger partial charge in [0.15, 0.2) is 17.7 Å². The van der Waals surface area contributed by atoms with Crippen molar-refractivity contribution in [2.24, 2.45) is 11.8 Å². The van der Waals surface area contributed by atoms with Crippen LogP contribution in [0.15, 0.2) is 18.2 Å². The zero-order valence-corrected chi connectivity index (χ0v) is 13.8. The first-order chi connectivity index (χ1) is 10.9. The Morgan fingerprint density at radius 2 is 2.17 bits per heavy atom. The molecule has 1 aliphatic rings. The smallest absolute Gasteiger partial charge is 0.263 e. The molecule has 0 radical (unpaired) electrons. The highest BCUT2D eigenvalue weighted by Gasteiger charge is 2.34. The molecule has 1 heterocycles. The van der Waals surface area contributed by atoms with Crippen LogP contribution in [0, 0.1) is 23.5 Å². The normalized spacial score (nSPS) is 19.2. The van der Waals surface area contributed by atoms with Crippen molar-refractivity contribution in [1.29, 1.82) is 0 Å². The number of hydrogen-bond acceptors (Lipinski definition) is 3. The van der Waals surface area contributed by atoms with Gasteiger partial charge in [-0.15, -0.1) is 0 Å². The van der Waals surface area contributed by atoms with E-state index in [0.717, 1.165) is 25.1 Å². The fourth-order valence-corrected chi connectivity index (χ4v) is 2.85. The molecule has 4 nitrogen and oxygen atoms in total. The number of hydrogen-bond donors (Lipinski definition) is 1. The van der Waals surface area contributed by atoms with Crippen LogP contribution in [0.25, 0.3) is 0 Å². The van der Waals surface area contributed by atoms with E-state index in [1.165, 1.54) is 6.07 Å². The minimum absolute atomic E-state index is 0.0931. The number of rotatable bonds is 6. The molecule has 1 aliphatic heterocycles. The van der Waals surface area contributed by atoms with Crippen LogP contribution in [0.2, 0.25) is 0 Å². The molecule has 0 spiro atoms. The van der Waals surface area contributed by atoms with E-state index >= 15 is 0 Å². The van der Waals surface area contributed by atoms with Crippen molar-refractivity contribution in [2.75, 3.05) is 26.7 Å². The highest BCUT2D eigenvalue weighted by Crippen LogP contribution is 2.24. The number of carbonyl (C=O) groups is 1. The van der Waals surface area contributed by atoms with Gasteiger partial charge in [0.2, 0.25) is 0 Å².